The number of amides is 2. The first-order valence-corrected chi connectivity index (χ1v) is 7.47. The van der Waals surface area contributed by atoms with Crippen LogP contribution in [0.3, 0.4) is 0 Å². The van der Waals surface area contributed by atoms with Gasteiger partial charge in [-0.05, 0) is 18.2 Å². The van der Waals surface area contributed by atoms with Crippen LogP contribution >= 0.6 is 23.2 Å². The lowest BCUT2D eigenvalue weighted by molar-refractivity contribution is -0.126. The van der Waals surface area contributed by atoms with Crippen LogP contribution in [0.25, 0.3) is 0 Å². The van der Waals surface area contributed by atoms with E-state index in [1.165, 1.54) is 6.07 Å². The number of hydrogen-bond donors (Lipinski definition) is 2. The normalized spacial score (nSPS) is 10.2. The summed E-state index contributed by atoms with van der Waals surface area (Å²) in [6.45, 7) is 0.00559. The summed E-state index contributed by atoms with van der Waals surface area (Å²) in [6, 6.07) is 10.9. The van der Waals surface area contributed by atoms with Gasteiger partial charge >= 0.3 is 0 Å². The molecule has 0 spiro atoms. The monoisotopic (exact) mass is 354 g/mol. The van der Waals surface area contributed by atoms with Crippen molar-refractivity contribution in [3.63, 3.8) is 0 Å². The van der Waals surface area contributed by atoms with E-state index >= 15 is 0 Å². The molecule has 0 atom stereocenters. The minimum atomic E-state index is -0.564. The Morgan fingerprint density at radius 2 is 1.61 bits per heavy atom. The third kappa shape index (κ3) is 4.94. The molecule has 0 saturated carbocycles. The molecule has 23 heavy (non-hydrogen) atoms. The van der Waals surface area contributed by atoms with Crippen LogP contribution in [-0.2, 0) is 16.1 Å². The fourth-order valence-electron chi connectivity index (χ4n) is 1.84. The number of para-hydroxylation sites is 1. The SMILES string of the molecule is O=C(CC(=O)Nc1c(Cl)cccc1Cl)NCc1ccccc1F. The van der Waals surface area contributed by atoms with Crippen LogP contribution in [0.4, 0.5) is 10.1 Å². The van der Waals surface area contributed by atoms with Gasteiger partial charge < -0.3 is 10.6 Å². The second-order valence-electron chi connectivity index (χ2n) is 4.69. The first-order chi connectivity index (χ1) is 11.0. The maximum absolute atomic E-state index is 13.4. The van der Waals surface area contributed by atoms with Gasteiger partial charge in [-0.2, -0.15) is 0 Å². The minimum absolute atomic E-state index is 0.00559. The zero-order valence-corrected chi connectivity index (χ0v) is 13.4. The molecule has 0 unspecified atom stereocenters. The highest BCUT2D eigenvalue weighted by molar-refractivity contribution is 6.39. The Balaban J connectivity index is 1.88. The summed E-state index contributed by atoms with van der Waals surface area (Å²) < 4.78 is 13.4. The van der Waals surface area contributed by atoms with E-state index in [-0.39, 0.29) is 22.3 Å². The first kappa shape index (κ1) is 17.2. The molecule has 2 aromatic rings. The van der Waals surface area contributed by atoms with Gasteiger partial charge in [0.2, 0.25) is 11.8 Å². The summed E-state index contributed by atoms with van der Waals surface area (Å²) in [5, 5.41) is 5.51. The van der Waals surface area contributed by atoms with Crippen molar-refractivity contribution in [1.29, 1.82) is 0 Å². The van der Waals surface area contributed by atoms with Crippen molar-refractivity contribution in [2.75, 3.05) is 5.32 Å². The van der Waals surface area contributed by atoms with Crippen LogP contribution < -0.4 is 10.6 Å². The van der Waals surface area contributed by atoms with E-state index in [1.807, 2.05) is 0 Å². The molecule has 0 aliphatic carbocycles. The van der Waals surface area contributed by atoms with E-state index < -0.39 is 24.1 Å². The Labute approximate surface area is 142 Å². The lowest BCUT2D eigenvalue weighted by atomic mass is 10.2. The van der Waals surface area contributed by atoms with Gasteiger partial charge in [-0.3, -0.25) is 9.59 Å². The van der Waals surface area contributed by atoms with Gasteiger partial charge in [0.15, 0.2) is 0 Å². The van der Waals surface area contributed by atoms with Crippen molar-refractivity contribution in [3.8, 4) is 0 Å². The van der Waals surface area contributed by atoms with Crippen molar-refractivity contribution in [3.05, 3.63) is 63.9 Å². The Hall–Kier alpha value is -2.11. The summed E-state index contributed by atoms with van der Waals surface area (Å²) in [6.07, 6.45) is -0.421. The van der Waals surface area contributed by atoms with Gasteiger partial charge in [0.25, 0.3) is 0 Å². The Bertz CT molecular complexity index is 718. The molecule has 2 N–H and O–H groups in total. The van der Waals surface area contributed by atoms with E-state index in [1.54, 1.807) is 36.4 Å². The summed E-state index contributed by atoms with van der Waals surface area (Å²) in [5.41, 5.74) is 0.596. The van der Waals surface area contributed by atoms with Gasteiger partial charge in [-0.15, -0.1) is 0 Å². The number of carbonyl (C=O) groups excluding carboxylic acids is 2. The quantitative estimate of drug-likeness (QED) is 0.802. The van der Waals surface area contributed by atoms with Gasteiger partial charge in [0.1, 0.15) is 12.2 Å². The Morgan fingerprint density at radius 3 is 2.26 bits per heavy atom. The summed E-state index contributed by atoms with van der Waals surface area (Å²) >= 11 is 11.9. The fraction of sp³-hybridized carbons (Fsp3) is 0.125. The lowest BCUT2D eigenvalue weighted by Gasteiger charge is -2.09. The van der Waals surface area contributed by atoms with Crippen LogP contribution in [0.1, 0.15) is 12.0 Å². The van der Waals surface area contributed by atoms with E-state index in [4.69, 9.17) is 23.2 Å². The number of halogens is 3. The van der Waals surface area contributed by atoms with Crippen LogP contribution in [-0.4, -0.2) is 11.8 Å². The molecule has 0 bridgehead atoms. The summed E-state index contributed by atoms with van der Waals surface area (Å²) in [5.74, 6) is -1.51. The standard InChI is InChI=1S/C16H13Cl2FN2O2/c17-11-5-3-6-12(18)16(11)21-15(23)8-14(22)20-9-10-4-1-2-7-13(10)19/h1-7H,8-9H2,(H,20,22)(H,21,23). The highest BCUT2D eigenvalue weighted by atomic mass is 35.5. The van der Waals surface area contributed by atoms with Crippen molar-refractivity contribution >= 4 is 40.7 Å². The molecule has 0 heterocycles. The number of nitrogens with one attached hydrogen (secondary N) is 2. The number of carbonyl (C=O) groups is 2. The molecular weight excluding hydrogens is 342 g/mol. The largest absolute Gasteiger partial charge is 0.351 e. The number of hydrogen-bond acceptors (Lipinski definition) is 2. The van der Waals surface area contributed by atoms with Gasteiger partial charge in [0.05, 0.1) is 15.7 Å². The van der Waals surface area contributed by atoms with Crippen LogP contribution in [0.15, 0.2) is 42.5 Å². The van der Waals surface area contributed by atoms with Crippen LogP contribution in [0.5, 0.6) is 0 Å². The molecule has 0 fully saturated rings. The molecule has 4 nitrogen and oxygen atoms in total. The third-order valence-electron chi connectivity index (χ3n) is 2.98. The van der Waals surface area contributed by atoms with Gasteiger partial charge in [0, 0.05) is 12.1 Å². The molecule has 2 amide bonds. The predicted octanol–water partition coefficient (Wildman–Crippen LogP) is 3.78. The smallest absolute Gasteiger partial charge is 0.233 e. The molecule has 2 aromatic carbocycles. The molecule has 0 aliphatic rings. The number of rotatable bonds is 5. The molecule has 0 aromatic heterocycles. The Morgan fingerprint density at radius 1 is 0.957 bits per heavy atom. The average molecular weight is 355 g/mol. The second-order valence-corrected chi connectivity index (χ2v) is 5.50. The van der Waals surface area contributed by atoms with Crippen molar-refractivity contribution in [1.82, 2.24) is 5.32 Å². The zero-order valence-electron chi connectivity index (χ0n) is 11.9. The van der Waals surface area contributed by atoms with Crippen LogP contribution in [0, 0.1) is 5.82 Å². The van der Waals surface area contributed by atoms with E-state index in [2.05, 4.69) is 10.6 Å². The van der Waals surface area contributed by atoms with Crippen molar-refractivity contribution < 1.29 is 14.0 Å². The molecule has 120 valence electrons. The average Bonchev–Trinajstić information content (AvgIpc) is 2.50. The lowest BCUT2D eigenvalue weighted by Crippen LogP contribution is -2.28. The molecular formula is C16H13Cl2FN2O2. The topological polar surface area (TPSA) is 58.2 Å². The molecule has 0 aliphatic heterocycles. The molecule has 0 radical (unpaired) electrons. The first-order valence-electron chi connectivity index (χ1n) is 6.71. The third-order valence-corrected chi connectivity index (χ3v) is 3.61. The summed E-state index contributed by atoms with van der Waals surface area (Å²) in [4.78, 5) is 23.6. The molecule has 0 saturated heterocycles. The molecule has 7 heteroatoms. The summed E-state index contributed by atoms with van der Waals surface area (Å²) in [7, 11) is 0. The molecule has 2 rings (SSSR count). The predicted molar refractivity (Wildman–Crippen MR) is 88.0 cm³/mol. The zero-order chi connectivity index (χ0) is 16.8. The van der Waals surface area contributed by atoms with Gasteiger partial charge in [-0.1, -0.05) is 47.5 Å². The van der Waals surface area contributed by atoms with E-state index in [0.717, 1.165) is 0 Å². The Kier molecular flexibility index (Phi) is 5.96. The number of benzene rings is 2. The van der Waals surface area contributed by atoms with E-state index in [9.17, 15) is 14.0 Å². The maximum Gasteiger partial charge on any atom is 0.233 e. The highest BCUT2D eigenvalue weighted by Crippen LogP contribution is 2.29. The van der Waals surface area contributed by atoms with Gasteiger partial charge in [-0.25, -0.2) is 4.39 Å². The number of anilines is 1. The maximum atomic E-state index is 13.4. The van der Waals surface area contributed by atoms with Crippen LogP contribution in [0.2, 0.25) is 10.0 Å². The highest BCUT2D eigenvalue weighted by Gasteiger charge is 2.13. The second kappa shape index (κ2) is 7.94. The fourth-order valence-corrected chi connectivity index (χ4v) is 2.34. The van der Waals surface area contributed by atoms with E-state index in [0.29, 0.717) is 5.56 Å². The van der Waals surface area contributed by atoms with Crippen molar-refractivity contribution in [2.45, 2.75) is 13.0 Å². The van der Waals surface area contributed by atoms with Crippen molar-refractivity contribution in [2.24, 2.45) is 0 Å². The minimum Gasteiger partial charge on any atom is -0.351 e.